The van der Waals surface area contributed by atoms with E-state index in [-0.39, 0.29) is 22.6 Å². The van der Waals surface area contributed by atoms with Crippen molar-refractivity contribution in [3.8, 4) is 5.75 Å². The molecule has 1 heterocycles. The smallest absolute Gasteiger partial charge is 0.264 e. The molecule has 0 fully saturated rings. The third kappa shape index (κ3) is 6.96. The molecule has 0 bridgehead atoms. The van der Waals surface area contributed by atoms with Crippen LogP contribution in [0.4, 0.5) is 11.6 Å². The first-order chi connectivity index (χ1) is 16.0. The van der Waals surface area contributed by atoms with Gasteiger partial charge in [-0.1, -0.05) is 12.1 Å². The van der Waals surface area contributed by atoms with Crippen molar-refractivity contribution < 1.29 is 17.9 Å². The van der Waals surface area contributed by atoms with Gasteiger partial charge in [0.1, 0.15) is 5.75 Å². The molecule has 9 nitrogen and oxygen atoms in total. The number of carbonyl (C=O) groups excluding carboxylic acids is 1. The highest BCUT2D eigenvalue weighted by molar-refractivity contribution is 7.92. The van der Waals surface area contributed by atoms with Gasteiger partial charge in [-0.2, -0.15) is 0 Å². The maximum Gasteiger partial charge on any atom is 0.264 e. The van der Waals surface area contributed by atoms with E-state index in [4.69, 9.17) is 17.0 Å². The Morgan fingerprint density at radius 3 is 2.26 bits per heavy atom. The van der Waals surface area contributed by atoms with Crippen molar-refractivity contribution in [1.29, 1.82) is 0 Å². The van der Waals surface area contributed by atoms with Crippen LogP contribution < -0.4 is 20.1 Å². The molecule has 1 aromatic heterocycles. The zero-order valence-electron chi connectivity index (χ0n) is 19.2. The number of hydrogen-bond donors (Lipinski definition) is 3. The standard InChI is InChI=1S/C23H25N5O4S2/c1-14-5-6-15(2)20(11-14)32-13-21(29)27-23(33)26-18-7-9-19(10-8-18)34(30,31)28-22-24-16(3)12-17(4)25-22/h5-12H,13H2,1-4H3,(H,24,25,28)(H2,26,27,29,33). The van der Waals surface area contributed by atoms with E-state index in [0.717, 1.165) is 11.1 Å². The molecule has 0 aliphatic rings. The maximum atomic E-state index is 12.6. The molecule has 0 radical (unpaired) electrons. The number of thiocarbonyl (C=S) groups is 1. The maximum absolute atomic E-state index is 12.6. The molecule has 0 saturated carbocycles. The number of sulfonamides is 1. The van der Waals surface area contributed by atoms with Gasteiger partial charge in [-0.25, -0.2) is 23.1 Å². The Labute approximate surface area is 204 Å². The number of rotatable bonds is 7. The topological polar surface area (TPSA) is 122 Å². The average Bonchev–Trinajstić information content (AvgIpc) is 2.73. The van der Waals surface area contributed by atoms with Gasteiger partial charge in [-0.05, 0) is 87.4 Å². The summed E-state index contributed by atoms with van der Waals surface area (Å²) >= 11 is 5.16. The third-order valence-electron chi connectivity index (χ3n) is 4.59. The molecule has 3 aromatic rings. The molecule has 34 heavy (non-hydrogen) atoms. The van der Waals surface area contributed by atoms with Gasteiger partial charge in [-0.3, -0.25) is 10.1 Å². The van der Waals surface area contributed by atoms with Crippen LogP contribution in [0.15, 0.2) is 53.4 Å². The van der Waals surface area contributed by atoms with E-state index in [9.17, 15) is 13.2 Å². The van der Waals surface area contributed by atoms with Crippen molar-refractivity contribution in [2.24, 2.45) is 0 Å². The first kappa shape index (κ1) is 25.1. The second-order valence-electron chi connectivity index (χ2n) is 7.66. The monoisotopic (exact) mass is 499 g/mol. The number of aromatic nitrogens is 2. The number of amides is 1. The van der Waals surface area contributed by atoms with Gasteiger partial charge in [0, 0.05) is 17.1 Å². The van der Waals surface area contributed by atoms with Crippen molar-refractivity contribution >= 4 is 44.9 Å². The molecule has 3 N–H and O–H groups in total. The molecule has 0 aliphatic heterocycles. The molecule has 11 heteroatoms. The Morgan fingerprint density at radius 2 is 1.62 bits per heavy atom. The lowest BCUT2D eigenvalue weighted by Gasteiger charge is -2.12. The largest absolute Gasteiger partial charge is 0.483 e. The van der Waals surface area contributed by atoms with Gasteiger partial charge in [0.05, 0.1) is 4.90 Å². The lowest BCUT2D eigenvalue weighted by Crippen LogP contribution is -2.37. The summed E-state index contributed by atoms with van der Waals surface area (Å²) in [6.07, 6.45) is 0. The van der Waals surface area contributed by atoms with E-state index >= 15 is 0 Å². The zero-order valence-corrected chi connectivity index (χ0v) is 20.8. The van der Waals surface area contributed by atoms with Crippen LogP contribution in [0.25, 0.3) is 0 Å². The van der Waals surface area contributed by atoms with E-state index in [1.54, 1.807) is 19.9 Å². The second kappa shape index (κ2) is 10.6. The van der Waals surface area contributed by atoms with Crippen molar-refractivity contribution in [3.63, 3.8) is 0 Å². The van der Waals surface area contributed by atoms with Crippen LogP contribution in [-0.2, 0) is 14.8 Å². The minimum atomic E-state index is -3.87. The van der Waals surface area contributed by atoms with Crippen LogP contribution in [0.3, 0.4) is 0 Å². The first-order valence-electron chi connectivity index (χ1n) is 10.3. The highest BCUT2D eigenvalue weighted by Gasteiger charge is 2.16. The zero-order chi connectivity index (χ0) is 24.9. The Morgan fingerprint density at radius 1 is 0.971 bits per heavy atom. The molecule has 0 atom stereocenters. The molecule has 0 spiro atoms. The van der Waals surface area contributed by atoms with E-state index in [1.165, 1.54) is 24.3 Å². The van der Waals surface area contributed by atoms with Gasteiger partial charge in [0.2, 0.25) is 5.95 Å². The van der Waals surface area contributed by atoms with Crippen LogP contribution in [-0.4, -0.2) is 36.0 Å². The number of anilines is 2. The minimum Gasteiger partial charge on any atom is -0.483 e. The Balaban J connectivity index is 1.55. The summed E-state index contributed by atoms with van der Waals surface area (Å²) in [5, 5.41) is 5.43. The number of aryl methyl sites for hydroxylation is 4. The molecule has 0 aliphatic carbocycles. The number of benzene rings is 2. The number of nitrogens with zero attached hydrogens (tertiary/aromatic N) is 2. The van der Waals surface area contributed by atoms with Crippen LogP contribution in [0, 0.1) is 27.7 Å². The van der Waals surface area contributed by atoms with Gasteiger partial charge in [0.15, 0.2) is 11.7 Å². The summed E-state index contributed by atoms with van der Waals surface area (Å²) in [4.78, 5) is 20.4. The molecule has 0 saturated heterocycles. The predicted molar refractivity (Wildman–Crippen MR) is 135 cm³/mol. The van der Waals surface area contributed by atoms with Crippen molar-refractivity contribution in [2.75, 3.05) is 16.6 Å². The van der Waals surface area contributed by atoms with E-state index in [2.05, 4.69) is 25.3 Å². The lowest BCUT2D eigenvalue weighted by molar-refractivity contribution is -0.121. The summed E-state index contributed by atoms with van der Waals surface area (Å²) in [6, 6.07) is 13.4. The number of nitrogens with one attached hydrogen (secondary N) is 3. The lowest BCUT2D eigenvalue weighted by atomic mass is 10.1. The van der Waals surface area contributed by atoms with Crippen LogP contribution in [0.1, 0.15) is 22.5 Å². The fourth-order valence-electron chi connectivity index (χ4n) is 3.00. The van der Waals surface area contributed by atoms with Crippen LogP contribution in [0.2, 0.25) is 0 Å². The quantitative estimate of drug-likeness (QED) is 0.423. The predicted octanol–water partition coefficient (Wildman–Crippen LogP) is 3.40. The molecule has 2 aromatic carbocycles. The van der Waals surface area contributed by atoms with E-state index < -0.39 is 15.9 Å². The molecule has 178 valence electrons. The summed E-state index contributed by atoms with van der Waals surface area (Å²) in [7, 11) is -3.87. The van der Waals surface area contributed by atoms with Gasteiger partial charge < -0.3 is 10.1 Å². The van der Waals surface area contributed by atoms with E-state index in [0.29, 0.717) is 22.8 Å². The highest BCUT2D eigenvalue weighted by Crippen LogP contribution is 2.19. The number of carbonyl (C=O) groups is 1. The molecule has 1 amide bonds. The number of ether oxygens (including phenoxy) is 1. The van der Waals surface area contributed by atoms with Crippen molar-refractivity contribution in [2.45, 2.75) is 32.6 Å². The van der Waals surface area contributed by atoms with Crippen molar-refractivity contribution in [1.82, 2.24) is 15.3 Å². The number of hydrogen-bond acceptors (Lipinski definition) is 7. The molecular weight excluding hydrogens is 474 g/mol. The third-order valence-corrected chi connectivity index (χ3v) is 6.13. The Hall–Kier alpha value is -3.57. The fourth-order valence-corrected chi connectivity index (χ4v) is 4.17. The molecular formula is C23H25N5O4S2. The fraction of sp³-hybridized carbons (Fsp3) is 0.217. The van der Waals surface area contributed by atoms with Gasteiger partial charge in [0.25, 0.3) is 15.9 Å². The summed E-state index contributed by atoms with van der Waals surface area (Å²) in [5.74, 6) is 0.215. The summed E-state index contributed by atoms with van der Waals surface area (Å²) in [5.41, 5.74) is 3.76. The SMILES string of the molecule is Cc1ccc(C)c(OCC(=O)NC(=S)Nc2ccc(S(=O)(=O)Nc3nc(C)cc(C)n3)cc2)c1. The summed E-state index contributed by atoms with van der Waals surface area (Å²) < 4.78 is 33.2. The molecule has 3 rings (SSSR count). The summed E-state index contributed by atoms with van der Waals surface area (Å²) in [6.45, 7) is 7.15. The van der Waals surface area contributed by atoms with E-state index in [1.807, 2.05) is 32.0 Å². The van der Waals surface area contributed by atoms with Gasteiger partial charge in [-0.15, -0.1) is 0 Å². The normalized spacial score (nSPS) is 10.9. The van der Waals surface area contributed by atoms with Gasteiger partial charge >= 0.3 is 0 Å². The molecule has 0 unspecified atom stereocenters. The van der Waals surface area contributed by atoms with Crippen molar-refractivity contribution in [3.05, 3.63) is 71.0 Å². The van der Waals surface area contributed by atoms with Crippen LogP contribution in [0.5, 0.6) is 5.75 Å². The minimum absolute atomic E-state index is 0.00617. The average molecular weight is 500 g/mol. The second-order valence-corrected chi connectivity index (χ2v) is 9.75. The highest BCUT2D eigenvalue weighted by atomic mass is 32.2. The Kier molecular flexibility index (Phi) is 7.79. The first-order valence-corrected chi connectivity index (χ1v) is 12.2. The Bertz CT molecular complexity index is 1310. The van der Waals surface area contributed by atoms with Crippen LogP contribution >= 0.6 is 12.2 Å².